The number of nitrogens with zero attached hydrogens (tertiary/aromatic N) is 2. The van der Waals surface area contributed by atoms with E-state index in [1.54, 1.807) is 0 Å². The second kappa shape index (κ2) is 18.1. The summed E-state index contributed by atoms with van der Waals surface area (Å²) in [5.74, 6) is 0. The van der Waals surface area contributed by atoms with E-state index in [-0.39, 0.29) is 0 Å². The number of hydrogen-bond donors (Lipinski definition) is 0. The molecule has 0 aliphatic carbocycles. The van der Waals surface area contributed by atoms with Crippen LogP contribution in [-0.4, -0.2) is 9.13 Å². The third kappa shape index (κ3) is 7.35. The number of fused-ring (bicyclic) bond motifs is 6. The number of para-hydroxylation sites is 2. The highest BCUT2D eigenvalue weighted by Crippen LogP contribution is 2.45. The highest BCUT2D eigenvalue weighted by Gasteiger charge is 2.22. The van der Waals surface area contributed by atoms with Gasteiger partial charge in [0.2, 0.25) is 0 Å². The predicted octanol–water partition coefficient (Wildman–Crippen LogP) is 19.5. The Morgan fingerprint density at radius 1 is 0.162 bits per heavy atom. The van der Waals surface area contributed by atoms with Crippen molar-refractivity contribution in [2.75, 3.05) is 0 Å². The standard InChI is InChI=1S/C72H48N2/c1-5-21-49(22-6-1)53-37-41-69-63(45-53)64-46-54(50-23-7-2-8-24-50)38-42-70(64)73(69)67-35-19-17-33-61(67)62-34-18-20-36-68(62)74-71-43-39-55(59-31-15-13-29-57(59)51-25-9-3-10-26-51)47-65(71)66-48-56(40-44-72(66)74)60-32-16-14-30-58(60)52-27-11-4-12-28-52/h1-48H. The number of rotatable bonds is 9. The van der Waals surface area contributed by atoms with Crippen molar-refractivity contribution in [1.29, 1.82) is 0 Å². The number of aromatic nitrogens is 2. The molecule has 0 saturated carbocycles. The van der Waals surface area contributed by atoms with E-state index in [1.807, 2.05) is 0 Å². The molecule has 12 aromatic carbocycles. The van der Waals surface area contributed by atoms with E-state index in [4.69, 9.17) is 0 Å². The van der Waals surface area contributed by atoms with Gasteiger partial charge in [0, 0.05) is 32.7 Å². The lowest BCUT2D eigenvalue weighted by Crippen LogP contribution is -2.01. The largest absolute Gasteiger partial charge is 0.309 e. The van der Waals surface area contributed by atoms with E-state index in [2.05, 4.69) is 300 Å². The molecule has 2 nitrogen and oxygen atoms in total. The SMILES string of the molecule is c1ccc(-c2ccc3c(c2)c2cc(-c4ccccc4)ccc2n3-c2ccccc2-c2ccccc2-n2c3ccc(-c4ccccc4-c4ccccc4)cc3c3cc(-c4ccccc4-c4ccccc4)ccc32)cc1. The van der Waals surface area contributed by atoms with E-state index in [0.717, 1.165) is 33.5 Å². The van der Waals surface area contributed by atoms with Crippen LogP contribution in [0.2, 0.25) is 0 Å². The molecular formula is C72H48N2. The molecule has 14 rings (SSSR count). The molecule has 0 aliphatic heterocycles. The first-order chi connectivity index (χ1) is 36.7. The second-order valence-electron chi connectivity index (χ2n) is 19.2. The van der Waals surface area contributed by atoms with Crippen molar-refractivity contribution in [3.8, 4) is 89.3 Å². The van der Waals surface area contributed by atoms with Crippen molar-refractivity contribution in [1.82, 2.24) is 9.13 Å². The lowest BCUT2D eigenvalue weighted by Gasteiger charge is -2.19. The quantitative estimate of drug-likeness (QED) is 0.136. The fraction of sp³-hybridized carbons (Fsp3) is 0. The fourth-order valence-corrected chi connectivity index (χ4v) is 11.5. The Hall–Kier alpha value is -9.76. The summed E-state index contributed by atoms with van der Waals surface area (Å²) in [4.78, 5) is 0. The van der Waals surface area contributed by atoms with Crippen molar-refractivity contribution in [2.45, 2.75) is 0 Å². The Morgan fingerprint density at radius 3 is 0.743 bits per heavy atom. The molecule has 2 aromatic heterocycles. The zero-order chi connectivity index (χ0) is 49.0. The van der Waals surface area contributed by atoms with Gasteiger partial charge in [0.1, 0.15) is 0 Å². The minimum absolute atomic E-state index is 1.12. The summed E-state index contributed by atoms with van der Waals surface area (Å²) in [5.41, 5.74) is 23.6. The van der Waals surface area contributed by atoms with E-state index in [1.165, 1.54) is 99.3 Å². The van der Waals surface area contributed by atoms with Crippen LogP contribution in [0.1, 0.15) is 0 Å². The monoisotopic (exact) mass is 940 g/mol. The Kier molecular flexibility index (Phi) is 10.6. The van der Waals surface area contributed by atoms with Crippen molar-refractivity contribution >= 4 is 43.6 Å². The van der Waals surface area contributed by atoms with Gasteiger partial charge in [-0.3, -0.25) is 0 Å². The minimum atomic E-state index is 1.12. The predicted molar refractivity (Wildman–Crippen MR) is 313 cm³/mol. The van der Waals surface area contributed by atoms with Crippen molar-refractivity contribution < 1.29 is 0 Å². The molecule has 0 fully saturated rings. The molecular weight excluding hydrogens is 893 g/mol. The van der Waals surface area contributed by atoms with Gasteiger partial charge < -0.3 is 9.13 Å². The summed E-state index contributed by atoms with van der Waals surface area (Å²) in [6.07, 6.45) is 0. The van der Waals surface area contributed by atoms with Crippen LogP contribution < -0.4 is 0 Å². The fourth-order valence-electron chi connectivity index (χ4n) is 11.5. The molecule has 0 radical (unpaired) electrons. The molecule has 0 N–H and O–H groups in total. The van der Waals surface area contributed by atoms with Gasteiger partial charge in [-0.2, -0.15) is 0 Å². The summed E-state index contributed by atoms with van der Waals surface area (Å²) >= 11 is 0. The van der Waals surface area contributed by atoms with E-state index in [0.29, 0.717) is 0 Å². The van der Waals surface area contributed by atoms with E-state index < -0.39 is 0 Å². The molecule has 0 amide bonds. The molecule has 346 valence electrons. The van der Waals surface area contributed by atoms with Gasteiger partial charge in [-0.15, -0.1) is 0 Å². The van der Waals surface area contributed by atoms with Crippen molar-refractivity contribution in [3.05, 3.63) is 291 Å². The Bertz CT molecular complexity index is 4150. The smallest absolute Gasteiger partial charge is 0.0541 e. The van der Waals surface area contributed by atoms with Crippen LogP contribution in [-0.2, 0) is 0 Å². The molecule has 2 heterocycles. The van der Waals surface area contributed by atoms with Crippen LogP contribution in [0, 0.1) is 0 Å². The summed E-state index contributed by atoms with van der Waals surface area (Å²) in [6, 6.07) is 107. The maximum Gasteiger partial charge on any atom is 0.0541 e. The number of benzene rings is 12. The summed E-state index contributed by atoms with van der Waals surface area (Å²) in [5, 5.41) is 4.85. The van der Waals surface area contributed by atoms with Crippen LogP contribution >= 0.6 is 0 Å². The Morgan fingerprint density at radius 2 is 0.405 bits per heavy atom. The van der Waals surface area contributed by atoms with Gasteiger partial charge in [-0.05, 0) is 127 Å². The molecule has 14 aromatic rings. The maximum absolute atomic E-state index is 2.50. The molecule has 0 saturated heterocycles. The molecule has 74 heavy (non-hydrogen) atoms. The van der Waals surface area contributed by atoms with Crippen LogP contribution in [0.3, 0.4) is 0 Å². The summed E-state index contributed by atoms with van der Waals surface area (Å²) < 4.78 is 4.99. The second-order valence-corrected chi connectivity index (χ2v) is 19.2. The zero-order valence-corrected chi connectivity index (χ0v) is 40.6. The first kappa shape index (κ1) is 43.1. The number of hydrogen-bond acceptors (Lipinski definition) is 0. The lowest BCUT2D eigenvalue weighted by molar-refractivity contribution is 1.16. The molecule has 0 bridgehead atoms. The molecule has 0 aliphatic rings. The zero-order valence-electron chi connectivity index (χ0n) is 40.6. The molecule has 0 spiro atoms. The molecule has 0 atom stereocenters. The highest BCUT2D eigenvalue weighted by molar-refractivity contribution is 6.14. The maximum atomic E-state index is 2.50. The average Bonchev–Trinajstić information content (AvgIpc) is 4.00. The van der Waals surface area contributed by atoms with Crippen molar-refractivity contribution in [3.63, 3.8) is 0 Å². The van der Waals surface area contributed by atoms with Crippen LogP contribution in [0.15, 0.2) is 291 Å². The van der Waals surface area contributed by atoms with Crippen LogP contribution in [0.25, 0.3) is 133 Å². The summed E-state index contributed by atoms with van der Waals surface area (Å²) in [6.45, 7) is 0. The lowest BCUT2D eigenvalue weighted by atomic mass is 9.92. The van der Waals surface area contributed by atoms with Crippen LogP contribution in [0.4, 0.5) is 0 Å². The molecule has 0 unspecified atom stereocenters. The topological polar surface area (TPSA) is 9.86 Å². The van der Waals surface area contributed by atoms with Gasteiger partial charge >= 0.3 is 0 Å². The average molecular weight is 941 g/mol. The Labute approximate surface area is 431 Å². The first-order valence-electron chi connectivity index (χ1n) is 25.5. The van der Waals surface area contributed by atoms with Crippen LogP contribution in [0.5, 0.6) is 0 Å². The van der Waals surface area contributed by atoms with Gasteiger partial charge in [0.05, 0.1) is 33.4 Å². The highest BCUT2D eigenvalue weighted by atomic mass is 15.0. The van der Waals surface area contributed by atoms with Gasteiger partial charge in [-0.1, -0.05) is 231 Å². The minimum Gasteiger partial charge on any atom is -0.309 e. The normalized spacial score (nSPS) is 11.5. The van der Waals surface area contributed by atoms with Gasteiger partial charge in [0.25, 0.3) is 0 Å². The summed E-state index contributed by atoms with van der Waals surface area (Å²) in [7, 11) is 0. The van der Waals surface area contributed by atoms with E-state index in [9.17, 15) is 0 Å². The van der Waals surface area contributed by atoms with Gasteiger partial charge in [0.15, 0.2) is 0 Å². The van der Waals surface area contributed by atoms with E-state index >= 15 is 0 Å². The molecule has 2 heteroatoms. The van der Waals surface area contributed by atoms with Gasteiger partial charge in [-0.25, -0.2) is 0 Å². The Balaban J connectivity index is 0.996. The first-order valence-corrected chi connectivity index (χ1v) is 25.5. The van der Waals surface area contributed by atoms with Crippen molar-refractivity contribution in [2.24, 2.45) is 0 Å². The third-order valence-corrected chi connectivity index (χ3v) is 15.0. The third-order valence-electron chi connectivity index (χ3n) is 15.0.